The van der Waals surface area contributed by atoms with Crippen LogP contribution in [0.5, 0.6) is 0 Å². The predicted octanol–water partition coefficient (Wildman–Crippen LogP) is 3.22. The zero-order valence-corrected chi connectivity index (χ0v) is 16.3. The number of anilines is 3. The van der Waals surface area contributed by atoms with E-state index in [1.54, 1.807) is 6.33 Å². The highest BCUT2D eigenvalue weighted by atomic mass is 15.3. The van der Waals surface area contributed by atoms with Gasteiger partial charge in [0.05, 0.1) is 0 Å². The van der Waals surface area contributed by atoms with Crippen molar-refractivity contribution in [2.24, 2.45) is 0 Å². The van der Waals surface area contributed by atoms with E-state index in [0.717, 1.165) is 56.7 Å². The topological polar surface area (TPSA) is 48.4 Å². The van der Waals surface area contributed by atoms with Gasteiger partial charge in [-0.2, -0.15) is 0 Å². The molecule has 3 heterocycles. The minimum Gasteiger partial charge on any atom is -0.353 e. The zero-order valence-electron chi connectivity index (χ0n) is 16.3. The molecule has 28 heavy (non-hydrogen) atoms. The van der Waals surface area contributed by atoms with Gasteiger partial charge in [0.1, 0.15) is 23.8 Å². The van der Waals surface area contributed by atoms with Crippen molar-refractivity contribution in [2.75, 3.05) is 47.4 Å². The summed E-state index contributed by atoms with van der Waals surface area (Å²) < 4.78 is 0. The number of hydrogen-bond acceptors (Lipinski definition) is 6. The van der Waals surface area contributed by atoms with Crippen molar-refractivity contribution in [1.29, 1.82) is 0 Å². The molecule has 0 unspecified atom stereocenters. The molecule has 1 aromatic carbocycles. The van der Waals surface area contributed by atoms with E-state index in [-0.39, 0.29) is 0 Å². The van der Waals surface area contributed by atoms with Crippen molar-refractivity contribution in [2.45, 2.75) is 13.5 Å². The molecular formula is C22H26N6. The fourth-order valence-corrected chi connectivity index (χ4v) is 3.55. The number of rotatable bonds is 6. The summed E-state index contributed by atoms with van der Waals surface area (Å²) in [6.45, 7) is 7.65. The first kappa shape index (κ1) is 18.2. The predicted molar refractivity (Wildman–Crippen MR) is 114 cm³/mol. The van der Waals surface area contributed by atoms with Crippen LogP contribution < -0.4 is 14.7 Å². The lowest BCUT2D eigenvalue weighted by molar-refractivity contribution is 0.640. The summed E-state index contributed by atoms with van der Waals surface area (Å²) in [6, 6.07) is 18.7. The molecule has 6 heteroatoms. The first-order valence-corrected chi connectivity index (χ1v) is 9.85. The minimum absolute atomic E-state index is 0.848. The Bertz CT molecular complexity index is 862. The van der Waals surface area contributed by atoms with E-state index < -0.39 is 0 Å². The average Bonchev–Trinajstić information content (AvgIpc) is 2.79. The highest BCUT2D eigenvalue weighted by Gasteiger charge is 2.20. The van der Waals surface area contributed by atoms with Gasteiger partial charge in [-0.3, -0.25) is 0 Å². The van der Waals surface area contributed by atoms with Crippen molar-refractivity contribution >= 4 is 17.5 Å². The summed E-state index contributed by atoms with van der Waals surface area (Å²) in [5, 5.41) is 0. The number of pyridine rings is 1. The molecule has 0 atom stereocenters. The molecule has 1 saturated heterocycles. The van der Waals surface area contributed by atoms with Crippen LogP contribution in [0, 0.1) is 0 Å². The van der Waals surface area contributed by atoms with Crippen molar-refractivity contribution in [1.82, 2.24) is 15.0 Å². The third-order valence-electron chi connectivity index (χ3n) is 5.14. The number of piperazine rings is 1. The standard InChI is InChI=1S/C22H26N6/c1-2-26(17-19-8-4-3-5-9-19)21-16-22(25-18-24-21)28-14-12-27(13-15-28)20-10-6-7-11-23-20/h3-11,16,18H,2,12-15,17H2,1H3. The maximum absolute atomic E-state index is 4.54. The van der Waals surface area contributed by atoms with Gasteiger partial charge in [-0.15, -0.1) is 0 Å². The van der Waals surface area contributed by atoms with Crippen LogP contribution >= 0.6 is 0 Å². The minimum atomic E-state index is 0.848. The van der Waals surface area contributed by atoms with E-state index in [0.29, 0.717) is 0 Å². The van der Waals surface area contributed by atoms with Gasteiger partial charge in [-0.1, -0.05) is 36.4 Å². The van der Waals surface area contributed by atoms with Crippen LogP contribution in [0.2, 0.25) is 0 Å². The Morgan fingerprint density at radius 3 is 2.21 bits per heavy atom. The third-order valence-corrected chi connectivity index (χ3v) is 5.14. The molecule has 1 aliphatic heterocycles. The van der Waals surface area contributed by atoms with E-state index in [1.807, 2.05) is 24.4 Å². The number of hydrogen-bond donors (Lipinski definition) is 0. The highest BCUT2D eigenvalue weighted by molar-refractivity contribution is 5.52. The molecule has 0 aliphatic carbocycles. The zero-order chi connectivity index (χ0) is 19.2. The molecule has 4 rings (SSSR count). The van der Waals surface area contributed by atoms with Crippen LogP contribution in [-0.2, 0) is 6.54 Å². The number of aromatic nitrogens is 3. The maximum atomic E-state index is 4.54. The first-order chi connectivity index (χ1) is 13.8. The first-order valence-electron chi connectivity index (χ1n) is 9.85. The molecule has 0 N–H and O–H groups in total. The van der Waals surface area contributed by atoms with Crippen LogP contribution in [0.25, 0.3) is 0 Å². The Kier molecular flexibility index (Phi) is 5.66. The fraction of sp³-hybridized carbons (Fsp3) is 0.318. The van der Waals surface area contributed by atoms with Crippen molar-refractivity contribution in [3.8, 4) is 0 Å². The summed E-state index contributed by atoms with van der Waals surface area (Å²) in [5.74, 6) is 3.02. The van der Waals surface area contributed by atoms with Crippen LogP contribution in [0.1, 0.15) is 12.5 Å². The summed E-state index contributed by atoms with van der Waals surface area (Å²) in [6.07, 6.45) is 3.54. The molecular weight excluding hydrogens is 348 g/mol. The molecule has 144 valence electrons. The Morgan fingerprint density at radius 1 is 0.821 bits per heavy atom. The lowest BCUT2D eigenvalue weighted by Crippen LogP contribution is -2.47. The smallest absolute Gasteiger partial charge is 0.134 e. The fourth-order valence-electron chi connectivity index (χ4n) is 3.55. The lowest BCUT2D eigenvalue weighted by atomic mass is 10.2. The van der Waals surface area contributed by atoms with Crippen molar-refractivity contribution < 1.29 is 0 Å². The molecule has 6 nitrogen and oxygen atoms in total. The van der Waals surface area contributed by atoms with Gasteiger partial charge < -0.3 is 14.7 Å². The van der Waals surface area contributed by atoms with Crippen LogP contribution in [0.15, 0.2) is 67.1 Å². The van der Waals surface area contributed by atoms with Gasteiger partial charge >= 0.3 is 0 Å². The van der Waals surface area contributed by atoms with Crippen molar-refractivity contribution in [3.05, 3.63) is 72.7 Å². The number of benzene rings is 1. The van der Waals surface area contributed by atoms with Crippen LogP contribution in [0.4, 0.5) is 17.5 Å². The second kappa shape index (κ2) is 8.69. The van der Waals surface area contributed by atoms with Gasteiger partial charge in [0, 0.05) is 51.5 Å². The van der Waals surface area contributed by atoms with Gasteiger partial charge in [-0.05, 0) is 24.6 Å². The van der Waals surface area contributed by atoms with E-state index in [9.17, 15) is 0 Å². The summed E-state index contributed by atoms with van der Waals surface area (Å²) in [7, 11) is 0. The quantitative estimate of drug-likeness (QED) is 0.660. The van der Waals surface area contributed by atoms with Gasteiger partial charge in [-0.25, -0.2) is 15.0 Å². The van der Waals surface area contributed by atoms with E-state index in [2.05, 4.69) is 73.0 Å². The van der Waals surface area contributed by atoms with Gasteiger partial charge in [0.2, 0.25) is 0 Å². The summed E-state index contributed by atoms with van der Waals surface area (Å²) >= 11 is 0. The van der Waals surface area contributed by atoms with Crippen LogP contribution in [0.3, 0.4) is 0 Å². The van der Waals surface area contributed by atoms with E-state index in [4.69, 9.17) is 0 Å². The van der Waals surface area contributed by atoms with Crippen molar-refractivity contribution in [3.63, 3.8) is 0 Å². The highest BCUT2D eigenvalue weighted by Crippen LogP contribution is 2.21. The van der Waals surface area contributed by atoms with Crippen LogP contribution in [-0.4, -0.2) is 47.7 Å². The monoisotopic (exact) mass is 374 g/mol. The molecule has 1 fully saturated rings. The lowest BCUT2D eigenvalue weighted by Gasteiger charge is -2.36. The molecule has 2 aromatic heterocycles. The SMILES string of the molecule is CCN(Cc1ccccc1)c1cc(N2CCN(c3ccccn3)CC2)ncn1. The molecule has 3 aromatic rings. The second-order valence-electron chi connectivity index (χ2n) is 6.90. The Balaban J connectivity index is 1.43. The Morgan fingerprint density at radius 2 is 1.54 bits per heavy atom. The molecule has 1 aliphatic rings. The molecule has 0 amide bonds. The summed E-state index contributed by atoms with van der Waals surface area (Å²) in [5.41, 5.74) is 1.29. The summed E-state index contributed by atoms with van der Waals surface area (Å²) in [4.78, 5) is 20.5. The average molecular weight is 374 g/mol. The maximum Gasteiger partial charge on any atom is 0.134 e. The molecule has 0 saturated carbocycles. The van der Waals surface area contributed by atoms with E-state index >= 15 is 0 Å². The Hall–Kier alpha value is -3.15. The normalized spacial score (nSPS) is 14.2. The largest absolute Gasteiger partial charge is 0.353 e. The molecule has 0 spiro atoms. The van der Waals surface area contributed by atoms with Gasteiger partial charge in [0.15, 0.2) is 0 Å². The van der Waals surface area contributed by atoms with E-state index in [1.165, 1.54) is 5.56 Å². The van der Waals surface area contributed by atoms with Gasteiger partial charge in [0.25, 0.3) is 0 Å². The number of nitrogens with zero attached hydrogens (tertiary/aromatic N) is 6. The third kappa shape index (κ3) is 4.22. The Labute approximate surface area is 166 Å². The second-order valence-corrected chi connectivity index (χ2v) is 6.90. The molecule has 0 radical (unpaired) electrons. The molecule has 0 bridgehead atoms.